The molecule has 2 atom stereocenters. The molecule has 0 radical (unpaired) electrons. The zero-order valence-electron chi connectivity index (χ0n) is 13.6. The molecule has 0 bridgehead atoms. The summed E-state index contributed by atoms with van der Waals surface area (Å²) < 4.78 is 10.5. The van der Waals surface area contributed by atoms with Crippen molar-refractivity contribution in [3.05, 3.63) is 31.9 Å². The molecule has 0 N–H and O–H groups in total. The summed E-state index contributed by atoms with van der Waals surface area (Å²) in [5, 5.41) is 23.0. The maximum absolute atomic E-state index is 13.6. The van der Waals surface area contributed by atoms with E-state index < -0.39 is 16.8 Å². The average molecular weight is 511 g/mol. The number of esters is 1. The van der Waals surface area contributed by atoms with Crippen LogP contribution in [0.15, 0.2) is 16.7 Å². The van der Waals surface area contributed by atoms with Crippen LogP contribution in [-0.4, -0.2) is 46.5 Å². The number of alkyl halides is 1. The molecule has 11 heteroatoms. The van der Waals surface area contributed by atoms with Crippen LogP contribution in [0.2, 0.25) is 0 Å². The van der Waals surface area contributed by atoms with Crippen molar-refractivity contribution in [2.75, 3.05) is 19.2 Å². The fourth-order valence-electron chi connectivity index (χ4n) is 2.99. The van der Waals surface area contributed by atoms with E-state index in [4.69, 9.17) is 20.8 Å². The van der Waals surface area contributed by atoms with Gasteiger partial charge in [0.2, 0.25) is 5.76 Å². The number of aromatic nitrogens is 2. The lowest BCUT2D eigenvalue weighted by atomic mass is 9.86. The summed E-state index contributed by atoms with van der Waals surface area (Å²) in [6.07, 6.45) is 3.82. The van der Waals surface area contributed by atoms with Crippen LogP contribution in [0.25, 0.3) is 0 Å². The minimum Gasteiger partial charge on any atom is -0.622 e. The van der Waals surface area contributed by atoms with Crippen LogP contribution in [0.5, 0.6) is 0 Å². The number of quaternary nitrogens is 1. The number of carbonyl (C=O) groups is 1. The fourth-order valence-corrected chi connectivity index (χ4v) is 4.66. The summed E-state index contributed by atoms with van der Waals surface area (Å²) in [6, 6.07) is 1.74. The van der Waals surface area contributed by atoms with Gasteiger partial charge in [-0.2, -0.15) is 0 Å². The van der Waals surface area contributed by atoms with Crippen molar-refractivity contribution < 1.29 is 13.9 Å². The number of furan rings is 1. The molecule has 2 aromatic rings. The van der Waals surface area contributed by atoms with Gasteiger partial charge in [-0.3, -0.25) is 4.65 Å². The number of hydrogen-bond donors (Lipinski definition) is 0. The highest BCUT2D eigenvalue weighted by atomic mass is 127. The van der Waals surface area contributed by atoms with Crippen molar-refractivity contribution in [1.29, 1.82) is 0 Å². The van der Waals surface area contributed by atoms with Gasteiger partial charge in [-0.05, 0) is 46.8 Å². The van der Waals surface area contributed by atoms with Gasteiger partial charge >= 0.3 is 11.1 Å². The second kappa shape index (κ2) is 7.32. The minimum atomic E-state index is -0.966. The molecule has 8 nitrogen and oxygen atoms in total. The molecule has 2 fully saturated rings. The maximum atomic E-state index is 13.6. The molecule has 26 heavy (non-hydrogen) atoms. The molecule has 1 saturated heterocycles. The first-order chi connectivity index (χ1) is 12.5. The Hall–Kier alpha value is -0.790. The molecule has 0 spiro atoms. The van der Waals surface area contributed by atoms with Crippen LogP contribution >= 0.6 is 45.5 Å². The van der Waals surface area contributed by atoms with Gasteiger partial charge in [-0.15, -0.1) is 16.7 Å². The summed E-state index contributed by atoms with van der Waals surface area (Å²) in [6.45, 7) is 0.297. The molecule has 0 aromatic carbocycles. The smallest absolute Gasteiger partial charge is 0.378 e. The predicted molar refractivity (Wildman–Crippen MR) is 105 cm³/mol. The molecule has 1 aliphatic carbocycles. The van der Waals surface area contributed by atoms with Crippen LogP contribution in [0.3, 0.4) is 0 Å². The summed E-state index contributed by atoms with van der Waals surface area (Å²) in [5.74, 6) is -0.208. The van der Waals surface area contributed by atoms with Crippen LogP contribution in [0.1, 0.15) is 40.7 Å². The largest absolute Gasteiger partial charge is 0.622 e. The number of carbonyl (C=O) groups excluding carboxylic acids is 1. The zero-order valence-corrected chi connectivity index (χ0v) is 17.4. The van der Waals surface area contributed by atoms with Crippen molar-refractivity contribution >= 4 is 56.6 Å². The third-order valence-electron chi connectivity index (χ3n) is 4.68. The highest BCUT2D eigenvalue weighted by molar-refractivity contribution is 14.1. The van der Waals surface area contributed by atoms with Crippen molar-refractivity contribution in [1.82, 2.24) is 19.7 Å². The number of rotatable bonds is 5. The molecule has 3 heterocycles. The molecule has 2 unspecified atom stereocenters. The Bertz CT molecular complexity index is 813. The van der Waals surface area contributed by atoms with Crippen LogP contribution in [0, 0.1) is 8.78 Å². The number of hydroxylamine groups is 2. The van der Waals surface area contributed by atoms with E-state index in [-0.39, 0.29) is 25.0 Å². The molecule has 2 aromatic heterocycles. The van der Waals surface area contributed by atoms with Gasteiger partial charge in [-0.1, -0.05) is 11.5 Å². The van der Waals surface area contributed by atoms with E-state index in [1.54, 1.807) is 11.0 Å². The van der Waals surface area contributed by atoms with Gasteiger partial charge in [0.25, 0.3) is 6.23 Å². The van der Waals surface area contributed by atoms with Gasteiger partial charge in [-0.25, -0.2) is 9.69 Å². The van der Waals surface area contributed by atoms with Crippen molar-refractivity contribution in [2.24, 2.45) is 0 Å². The van der Waals surface area contributed by atoms with Gasteiger partial charge in [0.15, 0.2) is 0 Å². The first-order valence-corrected chi connectivity index (χ1v) is 10.6. The van der Waals surface area contributed by atoms with Gasteiger partial charge in [0.1, 0.15) is 17.9 Å². The molecular weight excluding hydrogens is 495 g/mol. The van der Waals surface area contributed by atoms with Crippen LogP contribution in [-0.2, 0) is 4.74 Å². The molecule has 4 rings (SSSR count). The molecule has 0 amide bonds. The fraction of sp³-hybridized carbons (Fsp3) is 0.533. The predicted octanol–water partition coefficient (Wildman–Crippen LogP) is 3.46. The highest BCUT2D eigenvalue weighted by Crippen LogP contribution is 2.42. The summed E-state index contributed by atoms with van der Waals surface area (Å²) >= 11 is 9.26. The van der Waals surface area contributed by atoms with Crippen molar-refractivity contribution in [3.63, 3.8) is 0 Å². The summed E-state index contributed by atoms with van der Waals surface area (Å²) in [7, 11) is 0. The van der Waals surface area contributed by atoms with Gasteiger partial charge in [0.05, 0.1) is 16.1 Å². The lowest BCUT2D eigenvalue weighted by Gasteiger charge is -2.38. The standard InChI is InChI=1S/C15H16ClIN4O4S/c16-7-20-5-12(25-14(22)11-4-10(17)6-24-11)21(23,8-20)15-19-18-13(26-15)9-2-1-3-9/h4,6,9,12H,1-3,5,7-8H2. The highest BCUT2D eigenvalue weighted by Gasteiger charge is 2.47. The van der Waals surface area contributed by atoms with Crippen LogP contribution in [0.4, 0.5) is 5.13 Å². The van der Waals surface area contributed by atoms with E-state index in [0.29, 0.717) is 11.0 Å². The lowest BCUT2D eigenvalue weighted by Crippen LogP contribution is -2.50. The lowest BCUT2D eigenvalue weighted by molar-refractivity contribution is 0.00244. The van der Waals surface area contributed by atoms with E-state index in [1.165, 1.54) is 24.0 Å². The Morgan fingerprint density at radius 2 is 2.35 bits per heavy atom. The average Bonchev–Trinajstić information content (AvgIpc) is 3.26. The van der Waals surface area contributed by atoms with Gasteiger partial charge in [0, 0.05) is 12.0 Å². The maximum Gasteiger partial charge on any atom is 0.378 e. The molecule has 2 aliphatic rings. The normalized spacial score (nSPS) is 26.8. The van der Waals surface area contributed by atoms with Crippen molar-refractivity contribution in [2.45, 2.75) is 31.4 Å². The van der Waals surface area contributed by atoms with Gasteiger partial charge < -0.3 is 14.4 Å². The van der Waals surface area contributed by atoms with E-state index >= 15 is 0 Å². The Kier molecular flexibility index (Phi) is 5.23. The number of halogens is 2. The summed E-state index contributed by atoms with van der Waals surface area (Å²) in [5.41, 5.74) is 0. The molecule has 140 valence electrons. The third kappa shape index (κ3) is 3.38. The monoisotopic (exact) mass is 510 g/mol. The molecule has 1 aliphatic heterocycles. The third-order valence-corrected chi connectivity index (χ3v) is 6.78. The number of nitrogens with zero attached hydrogens (tertiary/aromatic N) is 4. The van der Waals surface area contributed by atoms with Crippen molar-refractivity contribution in [3.8, 4) is 0 Å². The quantitative estimate of drug-likeness (QED) is 0.152. The minimum absolute atomic E-state index is 0.0659. The first kappa shape index (κ1) is 18.6. The topological polar surface area (TPSA) is 91.5 Å². The Balaban J connectivity index is 1.57. The van der Waals surface area contributed by atoms with E-state index in [1.807, 2.05) is 22.6 Å². The van der Waals surface area contributed by atoms with E-state index in [2.05, 4.69) is 10.2 Å². The summed E-state index contributed by atoms with van der Waals surface area (Å²) in [4.78, 5) is 14.1. The Morgan fingerprint density at radius 1 is 1.54 bits per heavy atom. The Labute approximate surface area is 172 Å². The van der Waals surface area contributed by atoms with E-state index in [0.717, 1.165) is 21.4 Å². The molecular formula is C15H16ClIN4O4S. The SMILES string of the molecule is O=C(OC1CN(CCl)C[N+]1([O-])c1nnc(C2CCC2)s1)c1cc(I)co1. The molecule has 1 saturated carbocycles. The Morgan fingerprint density at radius 3 is 2.96 bits per heavy atom. The first-order valence-electron chi connectivity index (χ1n) is 8.15. The second-order valence-corrected chi connectivity index (χ2v) is 8.92. The van der Waals surface area contributed by atoms with Crippen LogP contribution < -0.4 is 4.65 Å². The number of hydrogen-bond acceptors (Lipinski definition) is 8. The number of ether oxygens (including phenoxy) is 1. The van der Waals surface area contributed by atoms with E-state index in [9.17, 15) is 10.0 Å². The second-order valence-electron chi connectivity index (χ2n) is 6.45. The zero-order chi connectivity index (χ0) is 18.3.